The van der Waals surface area contributed by atoms with Crippen molar-refractivity contribution in [1.82, 2.24) is 4.57 Å². The van der Waals surface area contributed by atoms with Gasteiger partial charge in [-0.05, 0) is 38.3 Å². The van der Waals surface area contributed by atoms with Gasteiger partial charge in [-0.25, -0.2) is 9.13 Å². The van der Waals surface area contributed by atoms with Crippen LogP contribution in [0.5, 0.6) is 0 Å². The molecule has 0 bridgehead atoms. The Labute approximate surface area is 169 Å². The van der Waals surface area contributed by atoms with E-state index in [1.54, 1.807) is 21.3 Å². The first-order valence-corrected chi connectivity index (χ1v) is 10.2. The molecule has 7 heteroatoms. The fourth-order valence-electron chi connectivity index (χ4n) is 3.27. The lowest BCUT2D eigenvalue weighted by molar-refractivity contribution is -0.696. The molecular formula is C18H29IN2O3Si. The van der Waals surface area contributed by atoms with E-state index in [2.05, 4.69) is 60.8 Å². The van der Waals surface area contributed by atoms with Crippen LogP contribution in [0.3, 0.4) is 0 Å². The van der Waals surface area contributed by atoms with Crippen molar-refractivity contribution >= 4 is 8.80 Å². The average molecular weight is 476 g/mol. The first kappa shape index (κ1) is 22.3. The second-order valence-corrected chi connectivity index (χ2v) is 9.30. The highest BCUT2D eigenvalue weighted by Crippen LogP contribution is 2.20. The Morgan fingerprint density at radius 3 is 2.08 bits per heavy atom. The highest BCUT2D eigenvalue weighted by atomic mass is 127. The molecule has 0 atom stereocenters. The Balaban J connectivity index is 0.00000312. The predicted molar refractivity (Wildman–Crippen MR) is 96.4 cm³/mol. The van der Waals surface area contributed by atoms with Crippen LogP contribution in [0.25, 0.3) is 5.69 Å². The molecule has 5 nitrogen and oxygen atoms in total. The maximum absolute atomic E-state index is 5.47. The van der Waals surface area contributed by atoms with Gasteiger partial charge in [-0.2, -0.15) is 0 Å². The van der Waals surface area contributed by atoms with E-state index in [0.29, 0.717) is 0 Å². The van der Waals surface area contributed by atoms with Crippen molar-refractivity contribution in [2.24, 2.45) is 0 Å². The van der Waals surface area contributed by atoms with E-state index in [9.17, 15) is 0 Å². The van der Waals surface area contributed by atoms with Crippen molar-refractivity contribution in [3.8, 4) is 5.69 Å². The number of aromatic nitrogens is 2. The summed E-state index contributed by atoms with van der Waals surface area (Å²) in [6.45, 7) is 7.36. The van der Waals surface area contributed by atoms with Crippen LogP contribution < -0.4 is 28.5 Å². The van der Waals surface area contributed by atoms with E-state index in [-0.39, 0.29) is 24.0 Å². The Hall–Kier alpha value is -0.743. The topological polar surface area (TPSA) is 36.5 Å². The number of rotatable bonds is 8. The summed E-state index contributed by atoms with van der Waals surface area (Å²) in [6.07, 6.45) is 7.30. The van der Waals surface area contributed by atoms with Crippen LogP contribution in [0, 0.1) is 20.8 Å². The molecule has 1 heterocycles. The molecule has 0 N–H and O–H groups in total. The molecule has 0 saturated carbocycles. The molecule has 0 spiro atoms. The monoisotopic (exact) mass is 476 g/mol. The third-order valence-electron chi connectivity index (χ3n) is 4.42. The fraction of sp³-hybridized carbons (Fsp3) is 0.500. The molecule has 0 fully saturated rings. The van der Waals surface area contributed by atoms with Gasteiger partial charge in [-0.15, -0.1) is 0 Å². The van der Waals surface area contributed by atoms with E-state index < -0.39 is 8.80 Å². The molecule has 0 aliphatic carbocycles. The van der Waals surface area contributed by atoms with Crippen molar-refractivity contribution in [2.45, 2.75) is 39.8 Å². The van der Waals surface area contributed by atoms with Gasteiger partial charge in [0, 0.05) is 27.4 Å². The highest BCUT2D eigenvalue weighted by Gasteiger charge is 2.37. The lowest BCUT2D eigenvalue weighted by atomic mass is 10.1. The zero-order valence-electron chi connectivity index (χ0n) is 16.0. The molecule has 1 aromatic carbocycles. The molecule has 0 unspecified atom stereocenters. The molecule has 0 saturated heterocycles. The minimum Gasteiger partial charge on any atom is -1.00 e. The van der Waals surface area contributed by atoms with Gasteiger partial charge in [0.2, 0.25) is 6.33 Å². The lowest BCUT2D eigenvalue weighted by Crippen LogP contribution is -3.00. The molecular weight excluding hydrogens is 447 g/mol. The summed E-state index contributed by atoms with van der Waals surface area (Å²) in [5, 5.41) is 0. The molecule has 2 aromatic rings. The van der Waals surface area contributed by atoms with Crippen LogP contribution in [0.2, 0.25) is 6.04 Å². The van der Waals surface area contributed by atoms with Crippen LogP contribution >= 0.6 is 0 Å². The first-order valence-electron chi connectivity index (χ1n) is 8.25. The number of hydrogen-bond acceptors (Lipinski definition) is 3. The lowest BCUT2D eigenvalue weighted by Gasteiger charge is -2.23. The smallest absolute Gasteiger partial charge is 0.500 e. The third kappa shape index (κ3) is 5.37. The minimum absolute atomic E-state index is 0. The fourth-order valence-corrected chi connectivity index (χ4v) is 4.98. The van der Waals surface area contributed by atoms with Crippen LogP contribution in [-0.4, -0.2) is 34.7 Å². The number of aryl methyl sites for hydroxylation is 4. The summed E-state index contributed by atoms with van der Waals surface area (Å²) >= 11 is 0. The summed E-state index contributed by atoms with van der Waals surface area (Å²) in [4.78, 5) is 0. The SMILES string of the molecule is CO[Si](CCC[n+]1ccn(-c2c(C)cc(C)cc2C)c1)(OC)OC.[I-]. The van der Waals surface area contributed by atoms with Gasteiger partial charge >= 0.3 is 8.80 Å². The molecule has 2 rings (SSSR count). The molecule has 25 heavy (non-hydrogen) atoms. The summed E-state index contributed by atoms with van der Waals surface area (Å²) < 4.78 is 20.8. The van der Waals surface area contributed by atoms with Gasteiger partial charge < -0.3 is 37.3 Å². The van der Waals surface area contributed by atoms with Gasteiger partial charge in [0.15, 0.2) is 0 Å². The normalized spacial score (nSPS) is 11.4. The maximum atomic E-state index is 5.47. The van der Waals surface area contributed by atoms with E-state index in [4.69, 9.17) is 13.3 Å². The standard InChI is InChI=1S/C18H29N2O3Si.HI/c1-15-12-16(2)18(17(3)13-15)20-10-9-19(14-20)8-7-11-24(21-4,22-5)23-6;/h9-10,12-14H,7-8,11H2,1-6H3;1H/q+1;/p-1. The molecule has 0 aliphatic rings. The number of imidazole rings is 1. The van der Waals surface area contributed by atoms with Crippen LogP contribution in [0.1, 0.15) is 23.1 Å². The Kier molecular flexibility index (Phi) is 8.76. The van der Waals surface area contributed by atoms with Crippen LogP contribution in [0.4, 0.5) is 0 Å². The van der Waals surface area contributed by atoms with E-state index >= 15 is 0 Å². The number of halogens is 1. The summed E-state index contributed by atoms with van der Waals surface area (Å²) in [6, 6.07) is 5.25. The maximum Gasteiger partial charge on any atom is 0.500 e. The van der Waals surface area contributed by atoms with Crippen molar-refractivity contribution < 1.29 is 41.8 Å². The largest absolute Gasteiger partial charge is 1.00 e. The Morgan fingerprint density at radius 2 is 1.56 bits per heavy atom. The molecule has 0 radical (unpaired) electrons. The average Bonchev–Trinajstić information content (AvgIpc) is 2.99. The van der Waals surface area contributed by atoms with E-state index in [0.717, 1.165) is 19.0 Å². The van der Waals surface area contributed by atoms with Crippen molar-refractivity contribution in [3.63, 3.8) is 0 Å². The van der Waals surface area contributed by atoms with E-state index in [1.807, 2.05) is 0 Å². The molecule has 1 aromatic heterocycles. The van der Waals surface area contributed by atoms with Gasteiger partial charge in [0.05, 0.1) is 6.54 Å². The summed E-state index contributed by atoms with van der Waals surface area (Å²) in [5.41, 5.74) is 5.14. The van der Waals surface area contributed by atoms with E-state index in [1.165, 1.54) is 22.4 Å². The first-order chi connectivity index (χ1) is 11.4. The zero-order chi connectivity index (χ0) is 17.7. The van der Waals surface area contributed by atoms with Gasteiger partial charge in [0.1, 0.15) is 18.1 Å². The zero-order valence-corrected chi connectivity index (χ0v) is 19.2. The molecule has 0 aliphatic heterocycles. The molecule has 0 amide bonds. The highest BCUT2D eigenvalue weighted by molar-refractivity contribution is 6.60. The Bertz CT molecular complexity index is 655. The van der Waals surface area contributed by atoms with Crippen LogP contribution in [0.15, 0.2) is 30.9 Å². The quantitative estimate of drug-likeness (QED) is 0.305. The van der Waals surface area contributed by atoms with Gasteiger partial charge in [-0.3, -0.25) is 0 Å². The molecule has 140 valence electrons. The van der Waals surface area contributed by atoms with Crippen molar-refractivity contribution in [2.75, 3.05) is 21.3 Å². The second-order valence-electron chi connectivity index (χ2n) is 6.20. The van der Waals surface area contributed by atoms with Crippen molar-refractivity contribution in [3.05, 3.63) is 47.5 Å². The third-order valence-corrected chi connectivity index (χ3v) is 7.25. The number of benzene rings is 1. The Morgan fingerprint density at radius 1 is 1.00 bits per heavy atom. The van der Waals surface area contributed by atoms with Crippen molar-refractivity contribution in [1.29, 1.82) is 0 Å². The minimum atomic E-state index is -2.47. The number of nitrogens with zero attached hydrogens (tertiary/aromatic N) is 2. The van der Waals surface area contributed by atoms with Crippen LogP contribution in [-0.2, 0) is 19.8 Å². The summed E-state index contributed by atoms with van der Waals surface area (Å²) in [7, 11) is 2.50. The van der Waals surface area contributed by atoms with Gasteiger partial charge in [0.25, 0.3) is 0 Å². The second kappa shape index (κ2) is 9.82. The van der Waals surface area contributed by atoms with Gasteiger partial charge in [-0.1, -0.05) is 17.7 Å². The predicted octanol–water partition coefficient (Wildman–Crippen LogP) is -0.0377. The summed E-state index contributed by atoms with van der Waals surface area (Å²) in [5.74, 6) is 0. The number of hydrogen-bond donors (Lipinski definition) is 0.